The van der Waals surface area contributed by atoms with Crippen LogP contribution < -0.4 is 10.2 Å². The smallest absolute Gasteiger partial charge is 0.226 e. The van der Waals surface area contributed by atoms with Crippen LogP contribution in [-0.4, -0.2) is 41.3 Å². The lowest BCUT2D eigenvalue weighted by atomic mass is 10.2. The van der Waals surface area contributed by atoms with Gasteiger partial charge >= 0.3 is 0 Å². The number of hydrogen-bond acceptors (Lipinski definition) is 4. The van der Waals surface area contributed by atoms with Gasteiger partial charge in [0.25, 0.3) is 0 Å². The Morgan fingerprint density at radius 1 is 1.07 bits per heavy atom. The fourth-order valence-corrected chi connectivity index (χ4v) is 2.86. The molecule has 0 aliphatic rings. The number of aromatic nitrogens is 1. The first-order valence-corrected chi connectivity index (χ1v) is 9.32. The second-order valence-electron chi connectivity index (χ2n) is 6.32. The molecule has 0 aliphatic heterocycles. The predicted molar refractivity (Wildman–Crippen MR) is 109 cm³/mol. The van der Waals surface area contributed by atoms with Gasteiger partial charge in [-0.3, -0.25) is 14.6 Å². The lowest BCUT2D eigenvalue weighted by molar-refractivity contribution is -0.129. The van der Waals surface area contributed by atoms with Crippen molar-refractivity contribution in [2.45, 2.75) is 33.7 Å². The lowest BCUT2D eigenvalue weighted by Crippen LogP contribution is -2.31. The van der Waals surface area contributed by atoms with E-state index in [1.165, 1.54) is 6.92 Å². The van der Waals surface area contributed by atoms with Crippen LogP contribution in [0.1, 0.15) is 32.8 Å². The van der Waals surface area contributed by atoms with Gasteiger partial charge < -0.3 is 15.1 Å². The van der Waals surface area contributed by atoms with Crippen LogP contribution in [0.2, 0.25) is 0 Å². The number of anilines is 2. The third kappa shape index (κ3) is 6.40. The zero-order valence-electron chi connectivity index (χ0n) is 16.3. The molecule has 0 spiro atoms. The number of rotatable bonds is 9. The van der Waals surface area contributed by atoms with Crippen molar-refractivity contribution in [3.8, 4) is 0 Å². The van der Waals surface area contributed by atoms with Gasteiger partial charge in [0, 0.05) is 63.3 Å². The Balaban J connectivity index is 1.87. The minimum absolute atomic E-state index is 0.0600. The first kappa shape index (κ1) is 20.4. The number of nitrogens with zero attached hydrogens (tertiary/aromatic N) is 3. The van der Waals surface area contributed by atoms with E-state index in [2.05, 4.69) is 29.0 Å². The molecule has 0 saturated carbocycles. The van der Waals surface area contributed by atoms with Gasteiger partial charge in [-0.05, 0) is 49.7 Å². The number of pyridine rings is 1. The van der Waals surface area contributed by atoms with Gasteiger partial charge in [-0.25, -0.2) is 0 Å². The first-order valence-electron chi connectivity index (χ1n) is 9.32. The Kier molecular flexibility index (Phi) is 7.79. The summed E-state index contributed by atoms with van der Waals surface area (Å²) < 4.78 is 0. The molecule has 1 heterocycles. The van der Waals surface area contributed by atoms with Crippen molar-refractivity contribution in [2.75, 3.05) is 29.9 Å². The fraction of sp³-hybridized carbons (Fsp3) is 0.381. The molecular formula is C21H28N4O2. The summed E-state index contributed by atoms with van der Waals surface area (Å²) in [5, 5.41) is 2.89. The fourth-order valence-electron chi connectivity index (χ4n) is 2.86. The Bertz CT molecular complexity index is 728. The minimum atomic E-state index is -0.108. The molecular weight excluding hydrogens is 340 g/mol. The van der Waals surface area contributed by atoms with Crippen LogP contribution in [0.4, 0.5) is 11.4 Å². The summed E-state index contributed by atoms with van der Waals surface area (Å²) in [5.41, 5.74) is 2.84. The van der Waals surface area contributed by atoms with Gasteiger partial charge in [0.05, 0.1) is 0 Å². The maximum atomic E-state index is 12.3. The zero-order chi connectivity index (χ0) is 19.6. The molecule has 0 atom stereocenters. The predicted octanol–water partition coefficient (Wildman–Crippen LogP) is 3.31. The molecule has 144 valence electrons. The normalized spacial score (nSPS) is 10.3. The van der Waals surface area contributed by atoms with Crippen molar-refractivity contribution < 1.29 is 9.59 Å². The first-order chi connectivity index (χ1) is 13.0. The van der Waals surface area contributed by atoms with E-state index >= 15 is 0 Å². The van der Waals surface area contributed by atoms with Gasteiger partial charge in [-0.1, -0.05) is 6.07 Å². The molecule has 0 bridgehead atoms. The molecule has 0 fully saturated rings. The van der Waals surface area contributed by atoms with Crippen molar-refractivity contribution in [1.82, 2.24) is 9.88 Å². The van der Waals surface area contributed by atoms with Crippen molar-refractivity contribution in [1.29, 1.82) is 0 Å². The maximum absolute atomic E-state index is 12.3. The number of hydrogen-bond donors (Lipinski definition) is 1. The Morgan fingerprint density at radius 2 is 1.78 bits per heavy atom. The Morgan fingerprint density at radius 3 is 2.33 bits per heavy atom. The molecule has 1 aromatic heterocycles. The highest BCUT2D eigenvalue weighted by atomic mass is 16.2. The molecule has 2 rings (SSSR count). The Labute approximate surface area is 161 Å². The highest BCUT2D eigenvalue weighted by Gasteiger charge is 2.12. The third-order valence-corrected chi connectivity index (χ3v) is 4.43. The number of nitrogens with one attached hydrogen (secondary N) is 1. The van der Waals surface area contributed by atoms with E-state index in [1.807, 2.05) is 36.4 Å². The summed E-state index contributed by atoms with van der Waals surface area (Å²) in [6.07, 6.45) is 3.67. The SMILES string of the molecule is CCN(CC)c1ccc(NC(=O)CCN(Cc2cccnc2)C(C)=O)cc1. The van der Waals surface area contributed by atoms with E-state index in [4.69, 9.17) is 0 Å². The molecule has 0 radical (unpaired) electrons. The van der Waals surface area contributed by atoms with Crippen LogP contribution in [0, 0.1) is 0 Å². The molecule has 6 heteroatoms. The molecule has 0 unspecified atom stereocenters. The number of amides is 2. The van der Waals surface area contributed by atoms with Crippen LogP contribution in [0.15, 0.2) is 48.8 Å². The molecule has 6 nitrogen and oxygen atoms in total. The van der Waals surface area contributed by atoms with E-state index in [0.717, 1.165) is 30.0 Å². The minimum Gasteiger partial charge on any atom is -0.372 e. The maximum Gasteiger partial charge on any atom is 0.226 e. The summed E-state index contributed by atoms with van der Waals surface area (Å²) in [5.74, 6) is -0.168. The number of benzene rings is 1. The molecule has 0 saturated heterocycles. The zero-order valence-corrected chi connectivity index (χ0v) is 16.3. The average Bonchev–Trinajstić information content (AvgIpc) is 2.68. The average molecular weight is 368 g/mol. The summed E-state index contributed by atoms with van der Waals surface area (Å²) in [6, 6.07) is 11.6. The summed E-state index contributed by atoms with van der Waals surface area (Å²) >= 11 is 0. The van der Waals surface area contributed by atoms with Crippen molar-refractivity contribution in [2.24, 2.45) is 0 Å². The van der Waals surface area contributed by atoms with Crippen molar-refractivity contribution in [3.63, 3.8) is 0 Å². The Hall–Kier alpha value is -2.89. The van der Waals surface area contributed by atoms with E-state index in [-0.39, 0.29) is 18.2 Å². The van der Waals surface area contributed by atoms with Crippen LogP contribution in [0.3, 0.4) is 0 Å². The van der Waals surface area contributed by atoms with E-state index < -0.39 is 0 Å². The largest absolute Gasteiger partial charge is 0.372 e. The molecule has 1 N–H and O–H groups in total. The van der Waals surface area contributed by atoms with Gasteiger partial charge in [0.2, 0.25) is 11.8 Å². The lowest BCUT2D eigenvalue weighted by Gasteiger charge is -2.21. The quantitative estimate of drug-likeness (QED) is 0.737. The summed E-state index contributed by atoms with van der Waals surface area (Å²) in [6.45, 7) is 8.46. The molecule has 0 aliphatic carbocycles. The standard InChI is InChI=1S/C21H28N4O2/c1-4-24(5-2)20-10-8-19(9-11-20)23-21(27)12-14-25(17(3)26)16-18-7-6-13-22-15-18/h6-11,13,15H,4-5,12,14,16H2,1-3H3,(H,23,27). The van der Waals surface area contributed by atoms with E-state index in [9.17, 15) is 9.59 Å². The molecule has 27 heavy (non-hydrogen) atoms. The van der Waals surface area contributed by atoms with E-state index in [1.54, 1.807) is 17.3 Å². The van der Waals surface area contributed by atoms with E-state index in [0.29, 0.717) is 13.1 Å². The van der Waals surface area contributed by atoms with Crippen LogP contribution in [0.25, 0.3) is 0 Å². The van der Waals surface area contributed by atoms with Crippen molar-refractivity contribution in [3.05, 3.63) is 54.4 Å². The second kappa shape index (κ2) is 10.3. The third-order valence-electron chi connectivity index (χ3n) is 4.43. The highest BCUT2D eigenvalue weighted by molar-refractivity contribution is 5.91. The van der Waals surface area contributed by atoms with Crippen LogP contribution in [0.5, 0.6) is 0 Å². The number of carbonyl (C=O) groups is 2. The summed E-state index contributed by atoms with van der Waals surface area (Å²) in [7, 11) is 0. The summed E-state index contributed by atoms with van der Waals surface area (Å²) in [4.78, 5) is 32.1. The molecule has 2 amide bonds. The molecule has 2 aromatic rings. The monoisotopic (exact) mass is 368 g/mol. The van der Waals surface area contributed by atoms with Gasteiger partial charge in [0.15, 0.2) is 0 Å². The van der Waals surface area contributed by atoms with Gasteiger partial charge in [0.1, 0.15) is 0 Å². The van der Waals surface area contributed by atoms with Crippen LogP contribution in [-0.2, 0) is 16.1 Å². The van der Waals surface area contributed by atoms with Crippen molar-refractivity contribution >= 4 is 23.2 Å². The van der Waals surface area contributed by atoms with Gasteiger partial charge in [-0.2, -0.15) is 0 Å². The number of carbonyl (C=O) groups excluding carboxylic acids is 2. The molecule has 1 aromatic carbocycles. The highest BCUT2D eigenvalue weighted by Crippen LogP contribution is 2.18. The van der Waals surface area contributed by atoms with Crippen LogP contribution >= 0.6 is 0 Å². The topological polar surface area (TPSA) is 65.5 Å². The van der Waals surface area contributed by atoms with Gasteiger partial charge in [-0.15, -0.1) is 0 Å². The second-order valence-corrected chi connectivity index (χ2v) is 6.32.